The van der Waals surface area contributed by atoms with Crippen molar-refractivity contribution >= 4 is 0 Å². The fourth-order valence-electron chi connectivity index (χ4n) is 2.22. The highest BCUT2D eigenvalue weighted by Gasteiger charge is 2.13. The first kappa shape index (κ1) is 13.8. The second kappa shape index (κ2) is 6.48. The zero-order valence-electron chi connectivity index (χ0n) is 11.9. The smallest absolute Gasteiger partial charge is 0.0751 e. The van der Waals surface area contributed by atoms with E-state index in [1.54, 1.807) is 0 Å². The Kier molecular flexibility index (Phi) is 4.69. The van der Waals surface area contributed by atoms with Crippen molar-refractivity contribution in [3.05, 3.63) is 65.5 Å². The van der Waals surface area contributed by atoms with Gasteiger partial charge in [-0.25, -0.2) is 0 Å². The van der Waals surface area contributed by atoms with Crippen molar-refractivity contribution in [2.24, 2.45) is 0 Å². The third-order valence-corrected chi connectivity index (χ3v) is 3.33. The first-order chi connectivity index (χ1) is 9.22. The Morgan fingerprint density at radius 3 is 2.21 bits per heavy atom. The van der Waals surface area contributed by atoms with Crippen LogP contribution in [0.1, 0.15) is 49.6 Å². The first-order valence-corrected chi connectivity index (χ1v) is 6.96. The van der Waals surface area contributed by atoms with Gasteiger partial charge in [0.1, 0.15) is 0 Å². The van der Waals surface area contributed by atoms with E-state index >= 15 is 0 Å². The van der Waals surface area contributed by atoms with Crippen LogP contribution in [0.15, 0.2) is 48.7 Å². The highest BCUT2D eigenvalue weighted by molar-refractivity contribution is 5.31. The Morgan fingerprint density at radius 1 is 1.00 bits per heavy atom. The maximum absolute atomic E-state index is 4.47. The Morgan fingerprint density at radius 2 is 1.68 bits per heavy atom. The first-order valence-electron chi connectivity index (χ1n) is 6.96. The van der Waals surface area contributed by atoms with Gasteiger partial charge >= 0.3 is 0 Å². The van der Waals surface area contributed by atoms with E-state index in [9.17, 15) is 0 Å². The third-order valence-electron chi connectivity index (χ3n) is 3.33. The lowest BCUT2D eigenvalue weighted by Crippen LogP contribution is -2.22. The van der Waals surface area contributed by atoms with Crippen LogP contribution < -0.4 is 5.32 Å². The van der Waals surface area contributed by atoms with E-state index in [2.05, 4.69) is 61.4 Å². The molecule has 2 rings (SSSR count). The van der Waals surface area contributed by atoms with Crippen molar-refractivity contribution in [3.8, 4) is 0 Å². The Bertz CT molecular complexity index is 488. The summed E-state index contributed by atoms with van der Waals surface area (Å²) in [4.78, 5) is 4.47. The minimum absolute atomic E-state index is 0.174. The van der Waals surface area contributed by atoms with Gasteiger partial charge in [-0.1, -0.05) is 51.1 Å². The molecule has 0 aliphatic rings. The molecule has 2 aromatic rings. The molecule has 0 saturated carbocycles. The number of aromatic nitrogens is 1. The molecule has 0 bridgehead atoms. The number of pyridine rings is 1. The van der Waals surface area contributed by atoms with Crippen LogP contribution in [0, 0.1) is 0 Å². The van der Waals surface area contributed by atoms with E-state index in [4.69, 9.17) is 0 Å². The Balaban J connectivity index is 2.29. The lowest BCUT2D eigenvalue weighted by molar-refractivity contribution is 0.615. The summed E-state index contributed by atoms with van der Waals surface area (Å²) >= 11 is 0. The van der Waals surface area contributed by atoms with Gasteiger partial charge in [0.2, 0.25) is 0 Å². The van der Waals surface area contributed by atoms with Crippen molar-refractivity contribution in [2.45, 2.75) is 32.7 Å². The molecule has 0 saturated heterocycles. The topological polar surface area (TPSA) is 24.9 Å². The van der Waals surface area contributed by atoms with E-state index in [1.165, 1.54) is 11.1 Å². The molecule has 2 nitrogen and oxygen atoms in total. The molecule has 0 aliphatic heterocycles. The van der Waals surface area contributed by atoms with Crippen LogP contribution in [-0.4, -0.2) is 11.5 Å². The summed E-state index contributed by atoms with van der Waals surface area (Å²) in [6.45, 7) is 7.48. The molecule has 1 atom stereocenters. The average molecular weight is 254 g/mol. The predicted octanol–water partition coefficient (Wildman–Crippen LogP) is 3.90. The van der Waals surface area contributed by atoms with Crippen LogP contribution in [-0.2, 0) is 0 Å². The van der Waals surface area contributed by atoms with Gasteiger partial charge in [0.25, 0.3) is 0 Å². The molecule has 100 valence electrons. The van der Waals surface area contributed by atoms with E-state index < -0.39 is 0 Å². The van der Waals surface area contributed by atoms with Crippen molar-refractivity contribution in [1.82, 2.24) is 10.3 Å². The fourth-order valence-corrected chi connectivity index (χ4v) is 2.22. The van der Waals surface area contributed by atoms with Gasteiger partial charge in [-0.05, 0) is 35.7 Å². The maximum Gasteiger partial charge on any atom is 0.0751 e. The second-order valence-corrected chi connectivity index (χ2v) is 5.07. The number of nitrogens with zero attached hydrogens (tertiary/aromatic N) is 1. The van der Waals surface area contributed by atoms with Gasteiger partial charge in [0.15, 0.2) is 0 Å². The lowest BCUT2D eigenvalue weighted by Gasteiger charge is -2.18. The Labute approximate surface area is 115 Å². The molecule has 0 amide bonds. The molecule has 0 fully saturated rings. The molecule has 1 N–H and O–H groups in total. The van der Waals surface area contributed by atoms with Gasteiger partial charge in [-0.15, -0.1) is 0 Å². The summed E-state index contributed by atoms with van der Waals surface area (Å²) < 4.78 is 0. The van der Waals surface area contributed by atoms with E-state index in [0.29, 0.717) is 5.92 Å². The van der Waals surface area contributed by atoms with Crippen LogP contribution in [0.2, 0.25) is 0 Å². The van der Waals surface area contributed by atoms with Crippen molar-refractivity contribution < 1.29 is 0 Å². The summed E-state index contributed by atoms with van der Waals surface area (Å²) in [7, 11) is 0. The van der Waals surface area contributed by atoms with Crippen LogP contribution in [0.5, 0.6) is 0 Å². The van der Waals surface area contributed by atoms with Gasteiger partial charge in [-0.2, -0.15) is 0 Å². The zero-order chi connectivity index (χ0) is 13.7. The average Bonchev–Trinajstić information content (AvgIpc) is 2.46. The predicted molar refractivity (Wildman–Crippen MR) is 80.3 cm³/mol. The molecule has 1 aromatic carbocycles. The quantitative estimate of drug-likeness (QED) is 0.875. The van der Waals surface area contributed by atoms with Crippen molar-refractivity contribution in [2.75, 3.05) is 6.54 Å². The molecular weight excluding hydrogens is 232 g/mol. The number of benzene rings is 1. The molecule has 0 radical (unpaired) electrons. The fraction of sp³-hybridized carbons (Fsp3) is 0.353. The normalized spacial score (nSPS) is 12.6. The Hall–Kier alpha value is -1.67. The summed E-state index contributed by atoms with van der Waals surface area (Å²) in [5.74, 6) is 0.571. The van der Waals surface area contributed by atoms with Crippen LogP contribution in [0.4, 0.5) is 0 Å². The van der Waals surface area contributed by atoms with Crippen molar-refractivity contribution in [3.63, 3.8) is 0 Å². The molecule has 1 aromatic heterocycles. The zero-order valence-corrected chi connectivity index (χ0v) is 11.9. The minimum atomic E-state index is 0.174. The van der Waals surface area contributed by atoms with Gasteiger partial charge < -0.3 is 5.32 Å². The number of hydrogen-bond acceptors (Lipinski definition) is 2. The van der Waals surface area contributed by atoms with Crippen LogP contribution in [0.3, 0.4) is 0 Å². The van der Waals surface area contributed by atoms with E-state index in [1.807, 2.05) is 18.3 Å². The van der Waals surface area contributed by atoms with Crippen LogP contribution >= 0.6 is 0 Å². The van der Waals surface area contributed by atoms with E-state index in [-0.39, 0.29) is 6.04 Å². The molecule has 2 heteroatoms. The molecule has 0 aliphatic carbocycles. The maximum atomic E-state index is 4.47. The highest BCUT2D eigenvalue weighted by Crippen LogP contribution is 2.22. The summed E-state index contributed by atoms with van der Waals surface area (Å²) in [6, 6.07) is 15.1. The van der Waals surface area contributed by atoms with Gasteiger partial charge in [0, 0.05) is 6.20 Å². The molecule has 19 heavy (non-hydrogen) atoms. The highest BCUT2D eigenvalue weighted by atomic mass is 14.9. The minimum Gasteiger partial charge on any atom is -0.305 e. The summed E-state index contributed by atoms with van der Waals surface area (Å²) in [5.41, 5.74) is 3.71. The summed E-state index contributed by atoms with van der Waals surface area (Å²) in [5, 5.41) is 3.50. The molecule has 1 heterocycles. The van der Waals surface area contributed by atoms with E-state index in [0.717, 1.165) is 12.2 Å². The monoisotopic (exact) mass is 254 g/mol. The van der Waals surface area contributed by atoms with Crippen LogP contribution in [0.25, 0.3) is 0 Å². The van der Waals surface area contributed by atoms with Crippen molar-refractivity contribution in [1.29, 1.82) is 0 Å². The van der Waals surface area contributed by atoms with Gasteiger partial charge in [0.05, 0.1) is 11.7 Å². The molecular formula is C17H22N2. The SMILES string of the molecule is CCNC(c1ccc(C(C)C)cc1)c1ccccn1. The molecule has 1 unspecified atom stereocenters. The largest absolute Gasteiger partial charge is 0.305 e. The van der Waals surface area contributed by atoms with Gasteiger partial charge in [-0.3, -0.25) is 4.98 Å². The third kappa shape index (κ3) is 3.42. The number of rotatable bonds is 5. The molecule has 0 spiro atoms. The summed E-state index contributed by atoms with van der Waals surface area (Å²) in [6.07, 6.45) is 1.85. The number of hydrogen-bond donors (Lipinski definition) is 1. The standard InChI is InChI=1S/C17H22N2/c1-4-18-17(16-7-5-6-12-19-16)15-10-8-14(9-11-15)13(2)3/h5-13,17-18H,4H2,1-3H3. The second-order valence-electron chi connectivity index (χ2n) is 5.07. The lowest BCUT2D eigenvalue weighted by atomic mass is 9.97. The number of nitrogens with one attached hydrogen (secondary N) is 1.